The predicted octanol–water partition coefficient (Wildman–Crippen LogP) is 3.22. The van der Waals surface area contributed by atoms with Gasteiger partial charge in [-0.1, -0.05) is 40.5 Å². The molecular weight excluding hydrogens is 262 g/mol. The molecule has 5 heteroatoms. The van der Waals surface area contributed by atoms with Gasteiger partial charge in [0.05, 0.1) is 0 Å². The van der Waals surface area contributed by atoms with Crippen molar-refractivity contribution in [3.63, 3.8) is 0 Å². The van der Waals surface area contributed by atoms with Crippen molar-refractivity contribution < 1.29 is 0 Å². The maximum atomic E-state index is 5.60. The minimum atomic E-state index is -0.101. The third-order valence-corrected chi connectivity index (χ3v) is 4.52. The Morgan fingerprint density at radius 3 is 2.38 bits per heavy atom. The van der Waals surface area contributed by atoms with Crippen molar-refractivity contribution in [1.82, 2.24) is 9.97 Å². The van der Waals surface area contributed by atoms with Crippen LogP contribution in [0.25, 0.3) is 0 Å². The number of hydrazine groups is 1. The highest BCUT2D eigenvalue weighted by Gasteiger charge is 2.24. The molecule has 2 unspecified atom stereocenters. The van der Waals surface area contributed by atoms with Crippen LogP contribution in [0.2, 0.25) is 0 Å². The van der Waals surface area contributed by atoms with Gasteiger partial charge in [-0.15, -0.1) is 0 Å². The predicted molar refractivity (Wildman–Crippen MR) is 88.3 cm³/mol. The van der Waals surface area contributed by atoms with Gasteiger partial charge in [-0.2, -0.15) is 0 Å². The summed E-state index contributed by atoms with van der Waals surface area (Å²) in [6.07, 6.45) is 4.00. The monoisotopic (exact) mass is 291 g/mol. The van der Waals surface area contributed by atoms with Crippen molar-refractivity contribution in [3.8, 4) is 0 Å². The Morgan fingerprint density at radius 2 is 1.86 bits per heavy atom. The van der Waals surface area contributed by atoms with E-state index in [-0.39, 0.29) is 5.41 Å². The van der Waals surface area contributed by atoms with E-state index in [9.17, 15) is 0 Å². The van der Waals surface area contributed by atoms with Gasteiger partial charge in [0.1, 0.15) is 17.5 Å². The van der Waals surface area contributed by atoms with Crippen LogP contribution in [0, 0.1) is 18.8 Å². The van der Waals surface area contributed by atoms with Crippen molar-refractivity contribution in [2.24, 2.45) is 17.7 Å². The van der Waals surface area contributed by atoms with E-state index >= 15 is 0 Å². The molecule has 5 nitrogen and oxygen atoms in total. The fourth-order valence-electron chi connectivity index (χ4n) is 2.92. The molecule has 1 aromatic heterocycles. The summed E-state index contributed by atoms with van der Waals surface area (Å²) in [6.45, 7) is 11.7. The number of nitrogens with two attached hydrogens (primary N) is 1. The lowest BCUT2D eigenvalue weighted by molar-refractivity contribution is 0.439. The molecule has 0 saturated heterocycles. The Morgan fingerprint density at radius 1 is 1.19 bits per heavy atom. The molecule has 2 atom stereocenters. The van der Waals surface area contributed by atoms with Gasteiger partial charge in [-0.25, -0.2) is 15.8 Å². The Kier molecular flexibility index (Phi) is 4.71. The highest BCUT2D eigenvalue weighted by atomic mass is 15.3. The largest absolute Gasteiger partial charge is 0.369 e. The molecule has 0 aliphatic heterocycles. The molecule has 4 N–H and O–H groups in total. The fraction of sp³-hybridized carbons (Fsp3) is 0.750. The van der Waals surface area contributed by atoms with Crippen LogP contribution in [0.4, 0.5) is 11.6 Å². The second kappa shape index (κ2) is 6.18. The molecule has 1 heterocycles. The van der Waals surface area contributed by atoms with Crippen LogP contribution in [0.1, 0.15) is 58.3 Å². The number of nitrogens with zero attached hydrogens (tertiary/aromatic N) is 2. The molecule has 1 aliphatic carbocycles. The Balaban J connectivity index is 2.21. The molecule has 0 spiro atoms. The van der Waals surface area contributed by atoms with Crippen molar-refractivity contribution in [2.75, 3.05) is 17.3 Å². The molecular formula is C16H29N5. The third kappa shape index (κ3) is 3.64. The van der Waals surface area contributed by atoms with Crippen LogP contribution in [-0.4, -0.2) is 16.5 Å². The molecule has 0 aromatic carbocycles. The van der Waals surface area contributed by atoms with Crippen LogP contribution < -0.4 is 16.6 Å². The number of hydrogen-bond donors (Lipinski definition) is 3. The van der Waals surface area contributed by atoms with Gasteiger partial charge in [-0.3, -0.25) is 0 Å². The SMILES string of the molecule is Cc1c(NN)nc(C(C)(C)C)nc1NCC1CCCC1C. The van der Waals surface area contributed by atoms with Gasteiger partial charge >= 0.3 is 0 Å². The third-order valence-electron chi connectivity index (χ3n) is 4.52. The summed E-state index contributed by atoms with van der Waals surface area (Å²) in [5.41, 5.74) is 3.58. The molecule has 0 bridgehead atoms. The zero-order chi connectivity index (χ0) is 15.6. The van der Waals surface area contributed by atoms with Gasteiger partial charge in [0.25, 0.3) is 0 Å². The van der Waals surface area contributed by atoms with Crippen molar-refractivity contribution in [1.29, 1.82) is 0 Å². The zero-order valence-electron chi connectivity index (χ0n) is 14.0. The summed E-state index contributed by atoms with van der Waals surface area (Å²) < 4.78 is 0. The lowest BCUT2D eigenvalue weighted by Crippen LogP contribution is -2.23. The van der Waals surface area contributed by atoms with Crippen LogP contribution in [0.5, 0.6) is 0 Å². The topological polar surface area (TPSA) is 75.9 Å². The van der Waals surface area contributed by atoms with Crippen molar-refractivity contribution in [2.45, 2.75) is 59.3 Å². The van der Waals surface area contributed by atoms with Crippen LogP contribution in [0.15, 0.2) is 0 Å². The summed E-state index contributed by atoms with van der Waals surface area (Å²) in [7, 11) is 0. The summed E-state index contributed by atoms with van der Waals surface area (Å²) in [5.74, 6) is 9.56. The smallest absolute Gasteiger partial charge is 0.148 e. The average molecular weight is 291 g/mol. The molecule has 0 radical (unpaired) electrons. The number of nitrogen functional groups attached to an aromatic ring is 1. The minimum absolute atomic E-state index is 0.101. The van der Waals surface area contributed by atoms with Crippen molar-refractivity contribution >= 4 is 11.6 Å². The molecule has 1 fully saturated rings. The summed E-state index contributed by atoms with van der Waals surface area (Å²) in [5, 5.41) is 3.53. The standard InChI is InChI=1S/C16H29N5/c1-10-7-6-8-12(10)9-18-13-11(2)14(21-17)20-15(19-13)16(3,4)5/h10,12H,6-9,17H2,1-5H3,(H2,18,19,20,21). The highest BCUT2D eigenvalue weighted by molar-refractivity contribution is 5.57. The van der Waals surface area contributed by atoms with Gasteiger partial charge in [0, 0.05) is 17.5 Å². The number of anilines is 2. The molecule has 21 heavy (non-hydrogen) atoms. The van der Waals surface area contributed by atoms with E-state index in [1.54, 1.807) is 0 Å². The van der Waals surface area contributed by atoms with Crippen molar-refractivity contribution in [3.05, 3.63) is 11.4 Å². The molecule has 1 aromatic rings. The van der Waals surface area contributed by atoms with E-state index in [0.29, 0.717) is 5.82 Å². The Labute approximate surface area is 128 Å². The summed E-state index contributed by atoms with van der Waals surface area (Å²) in [6, 6.07) is 0. The Hall–Kier alpha value is -1.36. The van der Waals surface area contributed by atoms with E-state index in [4.69, 9.17) is 10.8 Å². The second-order valence-corrected chi connectivity index (χ2v) is 7.31. The fourth-order valence-corrected chi connectivity index (χ4v) is 2.92. The van der Waals surface area contributed by atoms with E-state index < -0.39 is 0 Å². The number of aromatic nitrogens is 2. The van der Waals surface area contributed by atoms with Crippen LogP contribution >= 0.6 is 0 Å². The lowest BCUT2D eigenvalue weighted by atomic mass is 9.95. The summed E-state index contributed by atoms with van der Waals surface area (Å²) >= 11 is 0. The number of hydrogen-bond acceptors (Lipinski definition) is 5. The van der Waals surface area contributed by atoms with E-state index in [0.717, 1.165) is 35.6 Å². The van der Waals surface area contributed by atoms with E-state index in [1.807, 2.05) is 6.92 Å². The first-order chi connectivity index (χ1) is 9.82. The average Bonchev–Trinajstić information content (AvgIpc) is 2.82. The second-order valence-electron chi connectivity index (χ2n) is 7.31. The quantitative estimate of drug-likeness (QED) is 0.586. The molecule has 2 rings (SSSR count). The van der Waals surface area contributed by atoms with Gasteiger partial charge in [0.2, 0.25) is 0 Å². The van der Waals surface area contributed by atoms with Crippen LogP contribution in [0.3, 0.4) is 0 Å². The summed E-state index contributed by atoms with van der Waals surface area (Å²) in [4.78, 5) is 9.25. The van der Waals surface area contributed by atoms with Gasteiger partial charge in [0.15, 0.2) is 0 Å². The van der Waals surface area contributed by atoms with Gasteiger partial charge < -0.3 is 10.7 Å². The van der Waals surface area contributed by atoms with E-state index in [2.05, 4.69) is 43.4 Å². The van der Waals surface area contributed by atoms with Gasteiger partial charge in [-0.05, 0) is 25.2 Å². The molecule has 118 valence electrons. The molecule has 0 amide bonds. The lowest BCUT2D eigenvalue weighted by Gasteiger charge is -2.22. The first-order valence-corrected chi connectivity index (χ1v) is 7.92. The Bertz CT molecular complexity index is 492. The number of nitrogens with one attached hydrogen (secondary N) is 2. The molecule has 1 aliphatic rings. The molecule has 1 saturated carbocycles. The maximum absolute atomic E-state index is 5.60. The zero-order valence-corrected chi connectivity index (χ0v) is 14.0. The first kappa shape index (κ1) is 16.0. The minimum Gasteiger partial charge on any atom is -0.369 e. The maximum Gasteiger partial charge on any atom is 0.148 e. The van der Waals surface area contributed by atoms with E-state index in [1.165, 1.54) is 19.3 Å². The normalized spacial score (nSPS) is 22.4. The van der Waals surface area contributed by atoms with Crippen LogP contribution in [-0.2, 0) is 5.41 Å². The first-order valence-electron chi connectivity index (χ1n) is 7.92. The highest BCUT2D eigenvalue weighted by Crippen LogP contribution is 2.32. The number of rotatable bonds is 4.